The highest BCUT2D eigenvalue weighted by Gasteiger charge is 2.40. The van der Waals surface area contributed by atoms with Gasteiger partial charge in [0.05, 0.1) is 11.2 Å². The molecular formula is C16H16N2O. The third kappa shape index (κ3) is 1.65. The molecule has 2 aromatic rings. The summed E-state index contributed by atoms with van der Waals surface area (Å²) in [6.45, 7) is 0. The normalized spacial score (nSPS) is 26.1. The average molecular weight is 252 g/mol. The van der Waals surface area contributed by atoms with Crippen molar-refractivity contribution in [1.29, 1.82) is 0 Å². The number of nitrogens with zero attached hydrogens (tertiary/aromatic N) is 2. The molecule has 1 aromatic carbocycles. The molecule has 96 valence electrons. The van der Waals surface area contributed by atoms with E-state index in [1.807, 2.05) is 12.3 Å². The number of aromatic nitrogens is 1. The summed E-state index contributed by atoms with van der Waals surface area (Å²) in [4.78, 5) is 18.7. The molecule has 2 aliphatic heterocycles. The minimum absolute atomic E-state index is 0.388. The Kier molecular flexibility index (Phi) is 2.34. The van der Waals surface area contributed by atoms with Crippen LogP contribution in [0.2, 0.25) is 0 Å². The van der Waals surface area contributed by atoms with Crippen LogP contribution in [0, 0.1) is 0 Å². The van der Waals surface area contributed by atoms with Crippen molar-refractivity contribution in [3.05, 3.63) is 36.5 Å². The van der Waals surface area contributed by atoms with Crippen LogP contribution in [0.5, 0.6) is 0 Å². The van der Waals surface area contributed by atoms with Gasteiger partial charge in [0.2, 0.25) is 0 Å². The van der Waals surface area contributed by atoms with Crippen molar-refractivity contribution in [2.24, 2.45) is 0 Å². The summed E-state index contributed by atoms with van der Waals surface area (Å²) < 4.78 is 0. The van der Waals surface area contributed by atoms with Gasteiger partial charge >= 0.3 is 0 Å². The third-order valence-corrected chi connectivity index (χ3v) is 4.44. The van der Waals surface area contributed by atoms with Crippen LogP contribution in [0.3, 0.4) is 0 Å². The highest BCUT2D eigenvalue weighted by atomic mass is 16.1. The molecule has 19 heavy (non-hydrogen) atoms. The quantitative estimate of drug-likeness (QED) is 0.782. The zero-order valence-corrected chi connectivity index (χ0v) is 10.7. The van der Waals surface area contributed by atoms with Gasteiger partial charge in [0.25, 0.3) is 0 Å². The number of fused-ring (bicyclic) bond motifs is 3. The smallest absolute Gasteiger partial charge is 0.137 e. The van der Waals surface area contributed by atoms with Crippen LogP contribution < -0.4 is 4.90 Å². The maximum Gasteiger partial charge on any atom is 0.137 e. The number of hydrogen-bond donors (Lipinski definition) is 0. The van der Waals surface area contributed by atoms with E-state index in [2.05, 4.69) is 34.1 Å². The van der Waals surface area contributed by atoms with Gasteiger partial charge in [-0.3, -0.25) is 9.78 Å². The molecule has 3 heteroatoms. The van der Waals surface area contributed by atoms with Crippen LogP contribution in [-0.4, -0.2) is 22.9 Å². The number of piperidine rings is 1. The van der Waals surface area contributed by atoms with Crippen LogP contribution in [0.15, 0.2) is 36.5 Å². The van der Waals surface area contributed by atoms with E-state index < -0.39 is 0 Å². The highest BCUT2D eigenvalue weighted by molar-refractivity contribution is 5.92. The molecule has 0 amide bonds. The van der Waals surface area contributed by atoms with Gasteiger partial charge in [0.15, 0.2) is 0 Å². The lowest BCUT2D eigenvalue weighted by Gasteiger charge is -2.36. The number of anilines is 1. The first kappa shape index (κ1) is 11.0. The molecule has 2 unspecified atom stereocenters. The first-order valence-electron chi connectivity index (χ1n) is 6.97. The third-order valence-electron chi connectivity index (χ3n) is 4.44. The number of ketones is 1. The van der Waals surface area contributed by atoms with Gasteiger partial charge in [-0.15, -0.1) is 0 Å². The Morgan fingerprint density at radius 2 is 1.79 bits per heavy atom. The fourth-order valence-electron chi connectivity index (χ4n) is 3.66. The van der Waals surface area contributed by atoms with Crippen LogP contribution >= 0.6 is 0 Å². The topological polar surface area (TPSA) is 33.2 Å². The predicted molar refractivity (Wildman–Crippen MR) is 75.3 cm³/mol. The zero-order chi connectivity index (χ0) is 12.8. The fourth-order valence-corrected chi connectivity index (χ4v) is 3.66. The van der Waals surface area contributed by atoms with Crippen molar-refractivity contribution in [2.75, 3.05) is 4.90 Å². The Bertz CT molecular complexity index is 631. The van der Waals surface area contributed by atoms with E-state index in [1.165, 1.54) is 11.1 Å². The van der Waals surface area contributed by atoms with E-state index in [1.54, 1.807) is 0 Å². The summed E-state index contributed by atoms with van der Waals surface area (Å²) in [5.74, 6) is 0.428. The SMILES string of the molecule is O=C1CC2CCC(C1)N2c1cccc2cccnc12. The molecule has 0 spiro atoms. The van der Waals surface area contributed by atoms with Gasteiger partial charge in [-0.25, -0.2) is 0 Å². The van der Waals surface area contributed by atoms with Gasteiger partial charge in [-0.1, -0.05) is 18.2 Å². The Morgan fingerprint density at radius 3 is 2.58 bits per heavy atom. The maximum absolute atomic E-state index is 11.7. The fraction of sp³-hybridized carbons (Fsp3) is 0.375. The van der Waals surface area contributed by atoms with Crippen LogP contribution in [-0.2, 0) is 4.79 Å². The number of carbonyl (C=O) groups excluding carboxylic acids is 1. The molecule has 0 aliphatic carbocycles. The van der Waals surface area contributed by atoms with Gasteiger partial charge in [0.1, 0.15) is 5.78 Å². The predicted octanol–water partition coefficient (Wildman–Crippen LogP) is 2.94. The lowest BCUT2D eigenvalue weighted by Crippen LogP contribution is -2.43. The lowest BCUT2D eigenvalue weighted by atomic mass is 10.00. The van der Waals surface area contributed by atoms with Crippen LogP contribution in [0.4, 0.5) is 5.69 Å². The highest BCUT2D eigenvalue weighted by Crippen LogP contribution is 2.40. The van der Waals surface area contributed by atoms with Crippen molar-refractivity contribution >= 4 is 22.4 Å². The van der Waals surface area contributed by atoms with E-state index in [4.69, 9.17) is 0 Å². The Balaban J connectivity index is 1.85. The maximum atomic E-state index is 11.7. The molecule has 3 nitrogen and oxygen atoms in total. The standard InChI is InChI=1S/C16H16N2O/c19-14-9-12-6-7-13(10-14)18(12)15-5-1-3-11-4-2-8-17-16(11)15/h1-5,8,12-13H,6-7,9-10H2. The van der Waals surface area contributed by atoms with E-state index in [9.17, 15) is 4.79 Å². The minimum Gasteiger partial charge on any atom is -0.363 e. The van der Waals surface area contributed by atoms with E-state index in [0.29, 0.717) is 30.7 Å². The van der Waals surface area contributed by atoms with Crippen molar-refractivity contribution in [1.82, 2.24) is 4.98 Å². The molecule has 2 aliphatic rings. The van der Waals surface area contributed by atoms with Gasteiger partial charge in [-0.05, 0) is 25.0 Å². The van der Waals surface area contributed by atoms with Gasteiger partial charge in [0, 0.05) is 36.5 Å². The second kappa shape index (κ2) is 4.05. The summed E-state index contributed by atoms with van der Waals surface area (Å²) in [5.41, 5.74) is 2.27. The minimum atomic E-state index is 0.388. The number of hydrogen-bond acceptors (Lipinski definition) is 3. The Morgan fingerprint density at radius 1 is 1.05 bits per heavy atom. The van der Waals surface area contributed by atoms with E-state index in [0.717, 1.165) is 18.4 Å². The largest absolute Gasteiger partial charge is 0.363 e. The average Bonchev–Trinajstić information content (AvgIpc) is 2.70. The first-order valence-corrected chi connectivity index (χ1v) is 6.97. The molecule has 0 radical (unpaired) electrons. The number of pyridine rings is 1. The molecule has 0 N–H and O–H groups in total. The number of benzene rings is 1. The van der Waals surface area contributed by atoms with Crippen molar-refractivity contribution in [3.63, 3.8) is 0 Å². The molecular weight excluding hydrogens is 236 g/mol. The second-order valence-electron chi connectivity index (χ2n) is 5.59. The molecule has 4 rings (SSSR count). The molecule has 2 saturated heterocycles. The van der Waals surface area contributed by atoms with E-state index >= 15 is 0 Å². The number of para-hydroxylation sites is 1. The van der Waals surface area contributed by atoms with Crippen molar-refractivity contribution < 1.29 is 4.79 Å². The zero-order valence-electron chi connectivity index (χ0n) is 10.7. The molecule has 2 fully saturated rings. The monoisotopic (exact) mass is 252 g/mol. The van der Waals surface area contributed by atoms with Crippen molar-refractivity contribution in [3.8, 4) is 0 Å². The molecule has 2 bridgehead atoms. The first-order chi connectivity index (χ1) is 9.33. The summed E-state index contributed by atoms with van der Waals surface area (Å²) in [7, 11) is 0. The number of rotatable bonds is 1. The summed E-state index contributed by atoms with van der Waals surface area (Å²) in [5, 5.41) is 1.18. The summed E-state index contributed by atoms with van der Waals surface area (Å²) >= 11 is 0. The number of Topliss-reactive ketones (excluding diaryl/α,β-unsaturated/α-hetero) is 1. The van der Waals surface area contributed by atoms with E-state index in [-0.39, 0.29) is 0 Å². The summed E-state index contributed by atoms with van der Waals surface area (Å²) in [6.07, 6.45) is 5.54. The van der Waals surface area contributed by atoms with Crippen LogP contribution in [0.1, 0.15) is 25.7 Å². The molecule has 3 heterocycles. The number of carbonyl (C=O) groups is 1. The molecule has 2 atom stereocenters. The lowest BCUT2D eigenvalue weighted by molar-refractivity contribution is -0.120. The van der Waals surface area contributed by atoms with Gasteiger partial charge < -0.3 is 4.90 Å². The Labute approximate surface area is 112 Å². The van der Waals surface area contributed by atoms with Crippen molar-refractivity contribution in [2.45, 2.75) is 37.8 Å². The second-order valence-corrected chi connectivity index (χ2v) is 5.59. The Hall–Kier alpha value is -1.90. The van der Waals surface area contributed by atoms with Crippen LogP contribution in [0.25, 0.3) is 10.9 Å². The molecule has 0 saturated carbocycles. The molecule has 1 aromatic heterocycles. The van der Waals surface area contributed by atoms with Gasteiger partial charge in [-0.2, -0.15) is 0 Å². The summed E-state index contributed by atoms with van der Waals surface area (Å²) in [6, 6.07) is 11.2.